The highest BCUT2D eigenvalue weighted by Gasteiger charge is 2.18. The van der Waals surface area contributed by atoms with Gasteiger partial charge in [-0.05, 0) is 67.4 Å². The number of methoxy groups -OCH3 is 1. The maximum absolute atomic E-state index is 13.1. The van der Waals surface area contributed by atoms with Crippen molar-refractivity contribution in [3.63, 3.8) is 0 Å². The summed E-state index contributed by atoms with van der Waals surface area (Å²) < 4.78 is 48.1. The molecule has 3 rings (SSSR count). The van der Waals surface area contributed by atoms with Crippen LogP contribution in [0.15, 0.2) is 71.6 Å². The monoisotopic (exact) mass is 486 g/mol. The molecule has 0 saturated carbocycles. The van der Waals surface area contributed by atoms with E-state index in [2.05, 4.69) is 5.32 Å². The Hall–Kier alpha value is -3.43. The van der Waals surface area contributed by atoms with E-state index >= 15 is 0 Å². The number of carbonyl (C=O) groups excluding carboxylic acids is 1. The van der Waals surface area contributed by atoms with Crippen LogP contribution >= 0.6 is 0 Å². The molecule has 0 spiro atoms. The number of nitrogens with one attached hydrogen (secondary N) is 1. The maximum atomic E-state index is 13.1. The van der Waals surface area contributed by atoms with Crippen LogP contribution in [-0.2, 0) is 21.4 Å². The number of urea groups is 1. The lowest BCUT2D eigenvalue weighted by atomic mass is 10.1. The van der Waals surface area contributed by atoms with Gasteiger partial charge in [0.15, 0.2) is 0 Å². The minimum absolute atomic E-state index is 0.108. The third-order valence-electron chi connectivity index (χ3n) is 5.08. The van der Waals surface area contributed by atoms with Gasteiger partial charge in [-0.25, -0.2) is 9.18 Å². The predicted octanol–water partition coefficient (Wildman–Crippen LogP) is 4.89. The van der Waals surface area contributed by atoms with E-state index in [1.165, 1.54) is 12.1 Å². The number of nitrogens with zero attached hydrogens (tertiary/aromatic N) is 1. The van der Waals surface area contributed by atoms with E-state index in [1.54, 1.807) is 24.1 Å². The quantitative estimate of drug-likeness (QED) is 0.435. The molecule has 7 nitrogen and oxygen atoms in total. The lowest BCUT2D eigenvalue weighted by Gasteiger charge is -2.23. The number of halogens is 1. The fourth-order valence-electron chi connectivity index (χ4n) is 3.25. The highest BCUT2D eigenvalue weighted by atomic mass is 32.2. The van der Waals surface area contributed by atoms with Crippen LogP contribution in [0.4, 0.5) is 14.9 Å². The lowest BCUT2D eigenvalue weighted by molar-refractivity contribution is 0.153. The van der Waals surface area contributed by atoms with Crippen molar-refractivity contribution in [1.82, 2.24) is 4.90 Å². The summed E-state index contributed by atoms with van der Waals surface area (Å²) in [7, 11) is -2.53. The number of hydrogen-bond acceptors (Lipinski definition) is 5. The van der Waals surface area contributed by atoms with E-state index in [9.17, 15) is 17.6 Å². The minimum Gasteiger partial charge on any atom is -0.383 e. The second kappa shape index (κ2) is 11.1. The molecule has 3 aromatic rings. The Bertz CT molecular complexity index is 1230. The smallest absolute Gasteiger partial charge is 0.339 e. The van der Waals surface area contributed by atoms with Gasteiger partial charge in [-0.3, -0.25) is 0 Å². The van der Waals surface area contributed by atoms with Crippen LogP contribution in [0.1, 0.15) is 16.7 Å². The molecule has 2 amide bonds. The molecule has 180 valence electrons. The molecule has 0 aliphatic heterocycles. The van der Waals surface area contributed by atoms with Gasteiger partial charge in [-0.15, -0.1) is 0 Å². The fraction of sp³-hybridized carbons (Fsp3) is 0.240. The van der Waals surface area contributed by atoms with Crippen molar-refractivity contribution >= 4 is 21.8 Å². The van der Waals surface area contributed by atoms with Crippen molar-refractivity contribution in [2.24, 2.45) is 0 Å². The van der Waals surface area contributed by atoms with Crippen molar-refractivity contribution in [2.75, 3.05) is 25.6 Å². The number of ether oxygens (including phenoxy) is 1. The van der Waals surface area contributed by atoms with Gasteiger partial charge in [0.2, 0.25) is 0 Å². The summed E-state index contributed by atoms with van der Waals surface area (Å²) in [6, 6.07) is 16.3. The first-order valence-corrected chi connectivity index (χ1v) is 12.0. The molecule has 0 fully saturated rings. The van der Waals surface area contributed by atoms with Crippen LogP contribution in [0.5, 0.6) is 5.75 Å². The van der Waals surface area contributed by atoms with Gasteiger partial charge in [-0.2, -0.15) is 8.42 Å². The normalized spacial score (nSPS) is 11.2. The molecule has 0 heterocycles. The average Bonchev–Trinajstić information content (AvgIpc) is 2.79. The van der Waals surface area contributed by atoms with Crippen LogP contribution in [0.25, 0.3) is 0 Å². The summed E-state index contributed by atoms with van der Waals surface area (Å²) in [6.45, 7) is 4.93. The molecule has 0 radical (unpaired) electrons. The Labute approximate surface area is 199 Å². The SMILES string of the molecule is COCCN(Cc1ccc(OS(=O)(=O)c2ccc(F)cc2)cc1)C(=O)Nc1ccc(C)cc1C. The molecule has 0 saturated heterocycles. The number of rotatable bonds is 9. The molecule has 3 aromatic carbocycles. The van der Waals surface area contributed by atoms with Gasteiger partial charge in [-0.1, -0.05) is 29.8 Å². The zero-order valence-corrected chi connectivity index (χ0v) is 20.1. The predicted molar refractivity (Wildman–Crippen MR) is 128 cm³/mol. The first-order valence-electron chi connectivity index (χ1n) is 10.6. The van der Waals surface area contributed by atoms with Gasteiger partial charge in [0.25, 0.3) is 0 Å². The van der Waals surface area contributed by atoms with Crippen LogP contribution in [0.3, 0.4) is 0 Å². The van der Waals surface area contributed by atoms with Gasteiger partial charge in [0, 0.05) is 25.9 Å². The Morgan fingerprint density at radius 3 is 2.29 bits per heavy atom. The molecule has 0 aliphatic rings. The molecular weight excluding hydrogens is 459 g/mol. The zero-order chi connectivity index (χ0) is 24.7. The van der Waals surface area contributed by atoms with Crippen molar-refractivity contribution < 1.29 is 26.5 Å². The zero-order valence-electron chi connectivity index (χ0n) is 19.2. The second-order valence-corrected chi connectivity index (χ2v) is 9.34. The molecule has 0 aromatic heterocycles. The molecule has 0 unspecified atom stereocenters. The Kier molecular flexibility index (Phi) is 8.25. The van der Waals surface area contributed by atoms with E-state index in [0.29, 0.717) is 13.2 Å². The third-order valence-corrected chi connectivity index (χ3v) is 6.34. The average molecular weight is 487 g/mol. The van der Waals surface area contributed by atoms with E-state index in [1.807, 2.05) is 32.0 Å². The Morgan fingerprint density at radius 1 is 1.00 bits per heavy atom. The lowest BCUT2D eigenvalue weighted by Crippen LogP contribution is -2.37. The largest absolute Gasteiger partial charge is 0.383 e. The summed E-state index contributed by atoms with van der Waals surface area (Å²) in [5.74, 6) is -0.431. The highest BCUT2D eigenvalue weighted by Crippen LogP contribution is 2.21. The summed E-state index contributed by atoms with van der Waals surface area (Å²) in [5.41, 5.74) is 3.57. The maximum Gasteiger partial charge on any atom is 0.339 e. The number of benzene rings is 3. The third kappa shape index (κ3) is 6.79. The number of hydrogen-bond donors (Lipinski definition) is 1. The first-order chi connectivity index (χ1) is 16.2. The molecule has 34 heavy (non-hydrogen) atoms. The second-order valence-electron chi connectivity index (χ2n) is 7.80. The van der Waals surface area contributed by atoms with Gasteiger partial charge in [0.05, 0.1) is 6.61 Å². The van der Waals surface area contributed by atoms with E-state index < -0.39 is 15.9 Å². The molecular formula is C25H27FN2O5S. The van der Waals surface area contributed by atoms with Crippen LogP contribution in [0, 0.1) is 19.7 Å². The van der Waals surface area contributed by atoms with Gasteiger partial charge >= 0.3 is 16.1 Å². The highest BCUT2D eigenvalue weighted by molar-refractivity contribution is 7.87. The number of aryl methyl sites for hydroxylation is 2. The number of amides is 2. The molecule has 9 heteroatoms. The first kappa shape index (κ1) is 25.2. The molecule has 0 aliphatic carbocycles. The van der Waals surface area contributed by atoms with Crippen molar-refractivity contribution in [3.8, 4) is 5.75 Å². The minimum atomic E-state index is -4.09. The topological polar surface area (TPSA) is 84.9 Å². The van der Waals surface area contributed by atoms with Crippen molar-refractivity contribution in [2.45, 2.75) is 25.3 Å². The van der Waals surface area contributed by atoms with Crippen molar-refractivity contribution in [3.05, 3.63) is 89.2 Å². The van der Waals surface area contributed by atoms with Crippen LogP contribution in [0.2, 0.25) is 0 Å². The molecule has 0 atom stereocenters. The molecule has 1 N–H and O–H groups in total. The van der Waals surface area contributed by atoms with Crippen LogP contribution < -0.4 is 9.50 Å². The van der Waals surface area contributed by atoms with Gasteiger partial charge in [0.1, 0.15) is 16.5 Å². The van der Waals surface area contributed by atoms with Crippen molar-refractivity contribution in [1.29, 1.82) is 0 Å². The summed E-state index contributed by atoms with van der Waals surface area (Å²) >= 11 is 0. The van der Waals surface area contributed by atoms with Crippen LogP contribution in [-0.4, -0.2) is 39.6 Å². The summed E-state index contributed by atoms with van der Waals surface area (Å²) in [4.78, 5) is 14.4. The Morgan fingerprint density at radius 2 is 1.68 bits per heavy atom. The van der Waals surface area contributed by atoms with E-state index in [4.69, 9.17) is 8.92 Å². The molecule has 0 bridgehead atoms. The number of anilines is 1. The van der Waals surface area contributed by atoms with E-state index in [0.717, 1.165) is 46.6 Å². The fourth-order valence-corrected chi connectivity index (χ4v) is 4.18. The van der Waals surface area contributed by atoms with E-state index in [-0.39, 0.29) is 23.2 Å². The summed E-state index contributed by atoms with van der Waals surface area (Å²) in [6.07, 6.45) is 0. The Balaban J connectivity index is 1.69. The standard InChI is InChI=1S/C25H27FN2O5S/c1-18-4-13-24(19(2)16-18)27-25(29)28(14-15-32-3)17-20-5-9-22(10-6-20)33-34(30,31)23-11-7-21(26)8-12-23/h4-13,16H,14-15,17H2,1-3H3,(H,27,29). The summed E-state index contributed by atoms with van der Waals surface area (Å²) in [5, 5.41) is 2.93. The van der Waals surface area contributed by atoms with Gasteiger partial charge < -0.3 is 19.1 Å². The number of carbonyl (C=O) groups is 1.